The summed E-state index contributed by atoms with van der Waals surface area (Å²) < 4.78 is 5.16. The lowest BCUT2D eigenvalue weighted by atomic mass is 10.0. The minimum atomic E-state index is -0.882. The molecule has 0 unspecified atom stereocenters. The molecule has 114 valence electrons. The number of carboxylic acids is 1. The van der Waals surface area contributed by atoms with E-state index in [0.29, 0.717) is 0 Å². The molecule has 22 heavy (non-hydrogen) atoms. The number of carboxylic acid groups (broad SMARTS) is 1. The largest absolute Gasteiger partial charge is 0.497 e. The fourth-order valence-corrected chi connectivity index (χ4v) is 2.27. The summed E-state index contributed by atoms with van der Waals surface area (Å²) in [7, 11) is 1.66. The van der Waals surface area contributed by atoms with Gasteiger partial charge in [-0.2, -0.15) is 0 Å². The molecule has 0 aliphatic carbocycles. The zero-order valence-electron chi connectivity index (χ0n) is 12.9. The van der Waals surface area contributed by atoms with E-state index in [-0.39, 0.29) is 0 Å². The number of aryl methyl sites for hydroxylation is 1. The molecule has 2 aromatic carbocycles. The zero-order chi connectivity index (χ0) is 15.9. The summed E-state index contributed by atoms with van der Waals surface area (Å²) in [5, 5.41) is 8.70. The molecule has 0 saturated heterocycles. The maximum Gasteiger partial charge on any atom is 0.328 e. The zero-order valence-corrected chi connectivity index (χ0v) is 12.9. The van der Waals surface area contributed by atoms with Crippen molar-refractivity contribution in [3.8, 4) is 16.9 Å². The van der Waals surface area contributed by atoms with Gasteiger partial charge in [0.05, 0.1) is 7.11 Å². The third-order valence-electron chi connectivity index (χ3n) is 3.56. The lowest BCUT2D eigenvalue weighted by Gasteiger charge is -2.06. The second kappa shape index (κ2) is 7.46. The Bertz CT molecular complexity index is 652. The lowest BCUT2D eigenvalue weighted by molar-refractivity contribution is -0.131. The standard InChI is InChI=1S/C19H20O3/c1-14(13-19(20)21)3-4-15-5-7-16(8-6-15)17-9-11-18(22-2)12-10-17/h5-13H,3-4H2,1-2H3,(H,20,21)/b14-13+. The van der Waals surface area contributed by atoms with Crippen LogP contribution < -0.4 is 4.74 Å². The molecule has 3 heteroatoms. The van der Waals surface area contributed by atoms with Crippen molar-refractivity contribution in [3.63, 3.8) is 0 Å². The minimum absolute atomic E-state index is 0.758. The number of aliphatic carboxylic acids is 1. The summed E-state index contributed by atoms with van der Waals surface area (Å²) in [6.07, 6.45) is 2.87. The number of allylic oxidation sites excluding steroid dienone is 1. The first kappa shape index (κ1) is 15.8. The van der Waals surface area contributed by atoms with Gasteiger partial charge >= 0.3 is 5.97 Å². The van der Waals surface area contributed by atoms with Crippen molar-refractivity contribution in [1.82, 2.24) is 0 Å². The van der Waals surface area contributed by atoms with E-state index in [2.05, 4.69) is 24.3 Å². The van der Waals surface area contributed by atoms with Gasteiger partial charge in [0.15, 0.2) is 0 Å². The van der Waals surface area contributed by atoms with Crippen LogP contribution in [0.2, 0.25) is 0 Å². The van der Waals surface area contributed by atoms with Gasteiger partial charge in [-0.1, -0.05) is 42.0 Å². The van der Waals surface area contributed by atoms with E-state index in [9.17, 15) is 4.79 Å². The van der Waals surface area contributed by atoms with Gasteiger partial charge in [0.25, 0.3) is 0 Å². The Hall–Kier alpha value is -2.55. The number of benzene rings is 2. The molecular formula is C19H20O3. The van der Waals surface area contributed by atoms with Crippen molar-refractivity contribution in [2.45, 2.75) is 19.8 Å². The first-order chi connectivity index (χ1) is 10.6. The predicted octanol–water partition coefficient (Wildman–Crippen LogP) is 4.33. The van der Waals surface area contributed by atoms with Crippen LogP contribution in [-0.4, -0.2) is 18.2 Å². The third-order valence-corrected chi connectivity index (χ3v) is 3.56. The Morgan fingerprint density at radius 3 is 2.09 bits per heavy atom. The van der Waals surface area contributed by atoms with E-state index in [1.165, 1.54) is 11.6 Å². The smallest absolute Gasteiger partial charge is 0.328 e. The molecular weight excluding hydrogens is 276 g/mol. The van der Waals surface area contributed by atoms with Gasteiger partial charge in [-0.15, -0.1) is 0 Å². The van der Waals surface area contributed by atoms with Crippen LogP contribution in [0.5, 0.6) is 5.75 Å². The van der Waals surface area contributed by atoms with Crippen molar-refractivity contribution in [3.05, 3.63) is 65.7 Å². The topological polar surface area (TPSA) is 46.5 Å². The average molecular weight is 296 g/mol. The van der Waals surface area contributed by atoms with E-state index in [4.69, 9.17) is 9.84 Å². The highest BCUT2D eigenvalue weighted by atomic mass is 16.5. The van der Waals surface area contributed by atoms with Crippen LogP contribution in [0, 0.1) is 0 Å². The van der Waals surface area contributed by atoms with Crippen molar-refractivity contribution in [2.75, 3.05) is 7.11 Å². The molecule has 1 N–H and O–H groups in total. The lowest BCUT2D eigenvalue weighted by Crippen LogP contribution is -1.92. The van der Waals surface area contributed by atoms with E-state index in [1.807, 2.05) is 31.2 Å². The number of ether oxygens (including phenoxy) is 1. The number of carbonyl (C=O) groups is 1. The summed E-state index contributed by atoms with van der Waals surface area (Å²) in [5.74, 6) is -0.0339. The Morgan fingerprint density at radius 1 is 1.05 bits per heavy atom. The molecule has 3 nitrogen and oxygen atoms in total. The highest BCUT2D eigenvalue weighted by Gasteiger charge is 2.01. The Morgan fingerprint density at radius 2 is 1.59 bits per heavy atom. The summed E-state index contributed by atoms with van der Waals surface area (Å²) in [6.45, 7) is 1.85. The van der Waals surface area contributed by atoms with Gasteiger partial charge in [0, 0.05) is 6.08 Å². The highest BCUT2D eigenvalue weighted by Crippen LogP contribution is 2.23. The quantitative estimate of drug-likeness (QED) is 0.807. The summed E-state index contributed by atoms with van der Waals surface area (Å²) in [4.78, 5) is 10.6. The summed E-state index contributed by atoms with van der Waals surface area (Å²) >= 11 is 0. The average Bonchev–Trinajstić information content (AvgIpc) is 2.53. The Balaban J connectivity index is 2.02. The maximum atomic E-state index is 10.6. The molecule has 2 rings (SSSR count). The molecule has 0 spiro atoms. The van der Waals surface area contributed by atoms with Crippen molar-refractivity contribution in [1.29, 1.82) is 0 Å². The number of rotatable bonds is 6. The molecule has 0 fully saturated rings. The van der Waals surface area contributed by atoms with Gasteiger partial charge in [-0.05, 0) is 48.6 Å². The molecule has 0 atom stereocenters. The third kappa shape index (κ3) is 4.48. The van der Waals surface area contributed by atoms with Crippen LogP contribution in [0.3, 0.4) is 0 Å². The van der Waals surface area contributed by atoms with Gasteiger partial charge in [0.2, 0.25) is 0 Å². The van der Waals surface area contributed by atoms with Crippen LogP contribution in [0.15, 0.2) is 60.2 Å². The molecule has 2 aromatic rings. The molecule has 0 amide bonds. The first-order valence-electron chi connectivity index (χ1n) is 7.22. The van der Waals surface area contributed by atoms with E-state index >= 15 is 0 Å². The second-order valence-corrected chi connectivity index (χ2v) is 5.25. The van der Waals surface area contributed by atoms with E-state index in [0.717, 1.165) is 35.3 Å². The molecule has 0 saturated carbocycles. The predicted molar refractivity (Wildman–Crippen MR) is 88.1 cm³/mol. The Kier molecular flexibility index (Phi) is 5.37. The first-order valence-corrected chi connectivity index (χ1v) is 7.22. The van der Waals surface area contributed by atoms with Gasteiger partial charge in [-0.25, -0.2) is 4.79 Å². The second-order valence-electron chi connectivity index (χ2n) is 5.25. The normalized spacial score (nSPS) is 11.3. The molecule has 0 aliphatic heterocycles. The van der Waals surface area contributed by atoms with Gasteiger partial charge in [-0.3, -0.25) is 0 Å². The van der Waals surface area contributed by atoms with Crippen LogP contribution in [-0.2, 0) is 11.2 Å². The molecule has 0 bridgehead atoms. The highest BCUT2D eigenvalue weighted by molar-refractivity contribution is 5.80. The number of methoxy groups -OCH3 is 1. The monoisotopic (exact) mass is 296 g/mol. The summed E-state index contributed by atoms with van der Waals surface area (Å²) in [5.41, 5.74) is 4.39. The SMILES string of the molecule is COc1ccc(-c2ccc(CC/C(C)=C/C(=O)O)cc2)cc1. The molecule has 0 radical (unpaired) electrons. The van der Waals surface area contributed by atoms with Crippen LogP contribution >= 0.6 is 0 Å². The van der Waals surface area contributed by atoms with Crippen molar-refractivity contribution < 1.29 is 14.6 Å². The van der Waals surface area contributed by atoms with E-state index in [1.54, 1.807) is 7.11 Å². The maximum absolute atomic E-state index is 10.6. The van der Waals surface area contributed by atoms with Crippen LogP contribution in [0.25, 0.3) is 11.1 Å². The fraction of sp³-hybridized carbons (Fsp3) is 0.211. The van der Waals surface area contributed by atoms with Crippen LogP contribution in [0.1, 0.15) is 18.9 Å². The number of hydrogen-bond donors (Lipinski definition) is 1. The minimum Gasteiger partial charge on any atom is -0.497 e. The molecule has 0 heterocycles. The number of hydrogen-bond acceptors (Lipinski definition) is 2. The molecule has 0 aliphatic rings. The van der Waals surface area contributed by atoms with Gasteiger partial charge in [0.1, 0.15) is 5.75 Å². The van der Waals surface area contributed by atoms with Gasteiger partial charge < -0.3 is 9.84 Å². The van der Waals surface area contributed by atoms with Crippen molar-refractivity contribution in [2.24, 2.45) is 0 Å². The fourth-order valence-electron chi connectivity index (χ4n) is 2.27. The Labute approximate surface area is 130 Å². The van der Waals surface area contributed by atoms with E-state index < -0.39 is 5.97 Å². The van der Waals surface area contributed by atoms with Crippen molar-refractivity contribution >= 4 is 5.97 Å². The molecule has 0 aromatic heterocycles. The summed E-state index contributed by atoms with van der Waals surface area (Å²) in [6, 6.07) is 16.3. The van der Waals surface area contributed by atoms with Crippen LogP contribution in [0.4, 0.5) is 0 Å².